The van der Waals surface area contributed by atoms with Crippen LogP contribution in [0, 0.1) is 11.3 Å². The van der Waals surface area contributed by atoms with Crippen LogP contribution in [0.5, 0.6) is 5.75 Å². The largest absolute Gasteiger partial charge is 0.493 e. The number of aliphatic hydroxyl groups is 1. The summed E-state index contributed by atoms with van der Waals surface area (Å²) in [5.74, 6) is 1.67. The lowest BCUT2D eigenvalue weighted by Gasteiger charge is -2.41. The second kappa shape index (κ2) is 4.77. The monoisotopic (exact) mass is 274 g/mol. The van der Waals surface area contributed by atoms with Gasteiger partial charge in [0.25, 0.3) is 0 Å². The van der Waals surface area contributed by atoms with E-state index in [9.17, 15) is 5.11 Å². The zero-order valence-electron chi connectivity index (χ0n) is 12.9. The molecule has 0 saturated heterocycles. The highest BCUT2D eigenvalue weighted by atomic mass is 16.5. The van der Waals surface area contributed by atoms with Gasteiger partial charge in [-0.3, -0.25) is 0 Å². The summed E-state index contributed by atoms with van der Waals surface area (Å²) in [5, 5.41) is 11.1. The van der Waals surface area contributed by atoms with E-state index in [1.807, 2.05) is 0 Å². The molecule has 0 bridgehead atoms. The van der Waals surface area contributed by atoms with Crippen molar-refractivity contribution in [3.63, 3.8) is 0 Å². The van der Waals surface area contributed by atoms with Gasteiger partial charge in [-0.1, -0.05) is 39.0 Å². The Morgan fingerprint density at radius 2 is 1.90 bits per heavy atom. The Hall–Kier alpha value is -1.02. The summed E-state index contributed by atoms with van der Waals surface area (Å²) >= 11 is 0. The first-order valence-electron chi connectivity index (χ1n) is 7.88. The summed E-state index contributed by atoms with van der Waals surface area (Å²) in [4.78, 5) is 0. The lowest BCUT2D eigenvalue weighted by atomic mass is 9.67. The summed E-state index contributed by atoms with van der Waals surface area (Å²) in [7, 11) is 0. The summed E-state index contributed by atoms with van der Waals surface area (Å²) in [6.07, 6.45) is 4.89. The lowest BCUT2D eigenvalue weighted by molar-refractivity contribution is -0.0312. The van der Waals surface area contributed by atoms with E-state index in [-0.39, 0.29) is 0 Å². The maximum Gasteiger partial charge on any atom is 0.128 e. The Bertz CT molecular complexity index is 491. The van der Waals surface area contributed by atoms with Crippen molar-refractivity contribution < 1.29 is 9.84 Å². The number of ether oxygens (including phenoxy) is 1. The molecule has 1 aromatic carbocycles. The Kier molecular flexibility index (Phi) is 3.32. The topological polar surface area (TPSA) is 29.5 Å². The average molecular weight is 274 g/mol. The van der Waals surface area contributed by atoms with Crippen LogP contribution in [0.2, 0.25) is 0 Å². The molecule has 0 radical (unpaired) electrons. The van der Waals surface area contributed by atoms with Gasteiger partial charge in [-0.25, -0.2) is 0 Å². The third-order valence-electron chi connectivity index (χ3n) is 5.25. The number of hydrogen-bond donors (Lipinski definition) is 1. The first kappa shape index (κ1) is 13.9. The normalized spacial score (nSPS) is 29.9. The van der Waals surface area contributed by atoms with E-state index in [0.717, 1.165) is 50.0 Å². The van der Waals surface area contributed by atoms with Gasteiger partial charge in [0.2, 0.25) is 0 Å². The molecule has 1 heterocycles. The van der Waals surface area contributed by atoms with Gasteiger partial charge in [-0.15, -0.1) is 0 Å². The van der Waals surface area contributed by atoms with Crippen molar-refractivity contribution in [2.75, 3.05) is 6.61 Å². The Morgan fingerprint density at radius 3 is 2.55 bits per heavy atom. The van der Waals surface area contributed by atoms with E-state index in [1.165, 1.54) is 5.56 Å². The SMILES string of the molecule is CC(C)(C)C1CCC(O)(c2cccc3c2OCC3)CC1. The minimum atomic E-state index is -0.683. The van der Waals surface area contributed by atoms with Crippen molar-refractivity contribution in [3.8, 4) is 5.75 Å². The first-order valence-corrected chi connectivity index (χ1v) is 7.88. The van der Waals surface area contributed by atoms with Crippen molar-refractivity contribution in [1.82, 2.24) is 0 Å². The Labute approximate surface area is 122 Å². The molecule has 3 rings (SSSR count). The van der Waals surface area contributed by atoms with Crippen LogP contribution >= 0.6 is 0 Å². The lowest BCUT2D eigenvalue weighted by Crippen LogP contribution is -2.35. The van der Waals surface area contributed by atoms with Crippen LogP contribution in [-0.2, 0) is 12.0 Å². The van der Waals surface area contributed by atoms with Gasteiger partial charge in [-0.2, -0.15) is 0 Å². The predicted octanol–water partition coefficient (Wildman–Crippen LogP) is 4.05. The highest BCUT2D eigenvalue weighted by Crippen LogP contribution is 2.48. The van der Waals surface area contributed by atoms with Crippen LogP contribution in [0.4, 0.5) is 0 Å². The van der Waals surface area contributed by atoms with E-state index in [4.69, 9.17) is 4.74 Å². The smallest absolute Gasteiger partial charge is 0.128 e. The van der Waals surface area contributed by atoms with Crippen LogP contribution in [0.25, 0.3) is 0 Å². The van der Waals surface area contributed by atoms with E-state index in [2.05, 4.69) is 39.0 Å². The quantitative estimate of drug-likeness (QED) is 0.837. The van der Waals surface area contributed by atoms with Crippen molar-refractivity contribution >= 4 is 0 Å². The maximum atomic E-state index is 11.1. The fraction of sp³-hybridized carbons (Fsp3) is 0.667. The molecule has 0 aromatic heterocycles. The van der Waals surface area contributed by atoms with Crippen LogP contribution in [0.1, 0.15) is 57.6 Å². The molecule has 1 saturated carbocycles. The highest BCUT2D eigenvalue weighted by molar-refractivity contribution is 5.47. The molecule has 1 aliphatic heterocycles. The summed E-state index contributed by atoms with van der Waals surface area (Å²) in [6.45, 7) is 7.69. The fourth-order valence-corrected chi connectivity index (χ4v) is 3.81. The second-order valence-corrected chi connectivity index (χ2v) is 7.56. The summed E-state index contributed by atoms with van der Waals surface area (Å²) < 4.78 is 5.78. The molecule has 1 N–H and O–H groups in total. The van der Waals surface area contributed by atoms with Crippen LogP contribution < -0.4 is 4.74 Å². The Morgan fingerprint density at radius 1 is 1.20 bits per heavy atom. The summed E-state index contributed by atoms with van der Waals surface area (Å²) in [6, 6.07) is 6.24. The van der Waals surface area contributed by atoms with Crippen LogP contribution in [0.3, 0.4) is 0 Å². The van der Waals surface area contributed by atoms with Gasteiger partial charge in [-0.05, 0) is 42.6 Å². The van der Waals surface area contributed by atoms with E-state index >= 15 is 0 Å². The van der Waals surface area contributed by atoms with Crippen molar-refractivity contribution in [3.05, 3.63) is 29.3 Å². The molecule has 20 heavy (non-hydrogen) atoms. The molecule has 1 aromatic rings. The molecule has 1 aliphatic carbocycles. The number of para-hydroxylation sites is 1. The number of hydrogen-bond acceptors (Lipinski definition) is 2. The second-order valence-electron chi connectivity index (χ2n) is 7.56. The van der Waals surface area contributed by atoms with E-state index in [0.29, 0.717) is 11.3 Å². The number of rotatable bonds is 1. The summed E-state index contributed by atoms with van der Waals surface area (Å²) in [5.41, 5.74) is 1.95. The van der Waals surface area contributed by atoms with Crippen molar-refractivity contribution in [2.24, 2.45) is 11.3 Å². The average Bonchev–Trinajstić information content (AvgIpc) is 2.86. The van der Waals surface area contributed by atoms with Gasteiger partial charge >= 0.3 is 0 Å². The molecular formula is C18H26O2. The van der Waals surface area contributed by atoms with Gasteiger partial charge in [0.05, 0.1) is 12.2 Å². The van der Waals surface area contributed by atoms with Crippen molar-refractivity contribution in [2.45, 2.75) is 58.5 Å². The van der Waals surface area contributed by atoms with Gasteiger partial charge in [0.15, 0.2) is 0 Å². The fourth-order valence-electron chi connectivity index (χ4n) is 3.81. The Balaban J connectivity index is 1.83. The molecule has 0 spiro atoms. The van der Waals surface area contributed by atoms with Gasteiger partial charge in [0, 0.05) is 12.0 Å². The standard InChI is InChI=1S/C18H26O2/c1-17(2,3)14-7-10-18(19,11-8-14)15-6-4-5-13-9-12-20-16(13)15/h4-6,14,19H,7-12H2,1-3H3. The van der Waals surface area contributed by atoms with Gasteiger partial charge in [0.1, 0.15) is 5.75 Å². The minimum Gasteiger partial charge on any atom is -0.493 e. The molecular weight excluding hydrogens is 248 g/mol. The van der Waals surface area contributed by atoms with Crippen LogP contribution in [0.15, 0.2) is 18.2 Å². The minimum absolute atomic E-state index is 0.344. The zero-order chi connectivity index (χ0) is 14.4. The third-order valence-corrected chi connectivity index (χ3v) is 5.25. The zero-order valence-corrected chi connectivity index (χ0v) is 12.9. The van der Waals surface area contributed by atoms with E-state index < -0.39 is 5.60 Å². The predicted molar refractivity (Wildman–Crippen MR) is 81.0 cm³/mol. The molecule has 0 amide bonds. The maximum absolute atomic E-state index is 11.1. The molecule has 2 nitrogen and oxygen atoms in total. The molecule has 0 atom stereocenters. The van der Waals surface area contributed by atoms with Crippen molar-refractivity contribution in [1.29, 1.82) is 0 Å². The number of fused-ring (bicyclic) bond motifs is 1. The van der Waals surface area contributed by atoms with Crippen LogP contribution in [-0.4, -0.2) is 11.7 Å². The van der Waals surface area contributed by atoms with E-state index in [1.54, 1.807) is 0 Å². The highest BCUT2D eigenvalue weighted by Gasteiger charge is 2.40. The third kappa shape index (κ3) is 2.35. The molecule has 2 heteroatoms. The first-order chi connectivity index (χ1) is 9.40. The molecule has 0 unspecified atom stereocenters. The van der Waals surface area contributed by atoms with Gasteiger partial charge < -0.3 is 9.84 Å². The molecule has 110 valence electrons. The molecule has 1 fully saturated rings. The molecule has 2 aliphatic rings. The number of benzene rings is 1.